The van der Waals surface area contributed by atoms with E-state index in [2.05, 4.69) is 19.2 Å². The topological polar surface area (TPSA) is 0 Å². The van der Waals surface area contributed by atoms with E-state index < -0.39 is 0 Å². The van der Waals surface area contributed by atoms with Crippen molar-refractivity contribution in [2.45, 2.75) is 0 Å². The van der Waals surface area contributed by atoms with Crippen molar-refractivity contribution in [1.29, 1.82) is 0 Å². The molecular formula is C5H6SZn. The zero-order valence-electron chi connectivity index (χ0n) is 4.09. The van der Waals surface area contributed by atoms with Gasteiger partial charge in [0, 0.05) is 0 Å². The predicted molar refractivity (Wildman–Crippen MR) is 33.3 cm³/mol. The van der Waals surface area contributed by atoms with Gasteiger partial charge in [-0.3, -0.25) is 0 Å². The summed E-state index contributed by atoms with van der Waals surface area (Å²) in [7, 11) is 0. The molecule has 0 atom stereocenters. The van der Waals surface area contributed by atoms with Gasteiger partial charge in [-0.15, -0.1) is 0 Å². The Balaban J connectivity index is 3.46. The summed E-state index contributed by atoms with van der Waals surface area (Å²) in [6.07, 6.45) is 5.56. The molecule has 0 nitrogen and oxygen atoms in total. The van der Waals surface area contributed by atoms with Gasteiger partial charge in [-0.2, -0.15) is 0 Å². The fraction of sp³-hybridized carbons (Fsp3) is 0. The van der Waals surface area contributed by atoms with Crippen LogP contribution in [-0.2, 0) is 17.9 Å². The third-order valence-corrected chi connectivity index (χ3v) is 1.07. The Morgan fingerprint density at radius 2 is 2.29 bits per heavy atom. The number of thiol groups is 1. The van der Waals surface area contributed by atoms with Crippen molar-refractivity contribution < 1.29 is 17.9 Å². The van der Waals surface area contributed by atoms with Crippen molar-refractivity contribution in [3.63, 3.8) is 0 Å². The van der Waals surface area contributed by atoms with E-state index in [1.165, 1.54) is 0 Å². The Bertz CT molecular complexity index is 105. The van der Waals surface area contributed by atoms with Crippen LogP contribution in [0.1, 0.15) is 0 Å². The monoisotopic (exact) mass is 162 g/mol. The Kier molecular flexibility index (Phi) is 4.69. The van der Waals surface area contributed by atoms with Gasteiger partial charge in [-0.1, -0.05) is 0 Å². The van der Waals surface area contributed by atoms with Crippen LogP contribution >= 0.6 is 12.6 Å². The Morgan fingerprint density at radius 1 is 1.71 bits per heavy atom. The van der Waals surface area contributed by atoms with Gasteiger partial charge in [0.25, 0.3) is 0 Å². The average Bonchev–Trinajstić information content (AvgIpc) is 1.61. The molecule has 0 unspecified atom stereocenters. The van der Waals surface area contributed by atoms with Crippen molar-refractivity contribution in [2.75, 3.05) is 0 Å². The molecular weight excluding hydrogens is 158 g/mol. The van der Waals surface area contributed by atoms with Gasteiger partial charge >= 0.3 is 58.7 Å². The van der Waals surface area contributed by atoms with E-state index in [-0.39, 0.29) is 0 Å². The van der Waals surface area contributed by atoms with Crippen LogP contribution < -0.4 is 0 Å². The predicted octanol–water partition coefficient (Wildman–Crippen LogP) is 1.34. The third-order valence-electron chi connectivity index (χ3n) is 0.425. The molecule has 0 saturated carbocycles. The van der Waals surface area contributed by atoms with Gasteiger partial charge in [0.1, 0.15) is 0 Å². The van der Waals surface area contributed by atoms with Crippen LogP contribution in [0.25, 0.3) is 0 Å². The van der Waals surface area contributed by atoms with Crippen molar-refractivity contribution in [3.05, 3.63) is 24.8 Å². The second kappa shape index (κ2) is 4.48. The molecule has 0 aromatic carbocycles. The normalized spacial score (nSPS) is 9.57. The number of allylic oxidation sites excluding steroid dienone is 2. The molecule has 0 rings (SSSR count). The zero-order valence-corrected chi connectivity index (χ0v) is 7.96. The molecule has 0 N–H and O–H groups in total. The molecule has 0 aliphatic heterocycles. The standard InChI is InChI=1S/C5H6S.Zn/c1-2-3-4-5-6;/h2-4,6H,1H2;/b4-3-;. The van der Waals surface area contributed by atoms with E-state index in [1.807, 2.05) is 12.2 Å². The third kappa shape index (κ3) is 6.32. The van der Waals surface area contributed by atoms with E-state index in [0.717, 1.165) is 21.3 Å². The summed E-state index contributed by atoms with van der Waals surface area (Å²) in [4.78, 5) is 0. The van der Waals surface area contributed by atoms with Crippen LogP contribution in [0.2, 0.25) is 0 Å². The van der Waals surface area contributed by atoms with E-state index in [9.17, 15) is 0 Å². The molecule has 0 bridgehead atoms. The van der Waals surface area contributed by atoms with E-state index in [1.54, 1.807) is 6.08 Å². The molecule has 0 amide bonds. The van der Waals surface area contributed by atoms with Crippen molar-refractivity contribution in [1.82, 2.24) is 0 Å². The fourth-order valence-electron chi connectivity index (χ4n) is 0.179. The number of hydrogen-bond acceptors (Lipinski definition) is 1. The summed E-state index contributed by atoms with van der Waals surface area (Å²) in [5.41, 5.74) is 0. The SMILES string of the molecule is C=C/C=C\[C](S)=[Zn]. The molecule has 0 spiro atoms. The van der Waals surface area contributed by atoms with Crippen molar-refractivity contribution in [3.8, 4) is 0 Å². The second-order valence-corrected chi connectivity index (χ2v) is 4.51. The molecule has 0 aliphatic carbocycles. The van der Waals surface area contributed by atoms with Gasteiger partial charge < -0.3 is 0 Å². The van der Waals surface area contributed by atoms with Gasteiger partial charge in [-0.05, 0) is 0 Å². The van der Waals surface area contributed by atoms with Crippen molar-refractivity contribution in [2.24, 2.45) is 0 Å². The first-order chi connectivity index (χ1) is 3.27. The molecule has 0 aromatic rings. The first kappa shape index (κ1) is 7.32. The van der Waals surface area contributed by atoms with Gasteiger partial charge in [0.2, 0.25) is 0 Å². The van der Waals surface area contributed by atoms with Crippen LogP contribution in [0.15, 0.2) is 24.8 Å². The summed E-state index contributed by atoms with van der Waals surface area (Å²) < 4.78 is 1.12. The molecule has 0 aromatic heterocycles. The molecule has 0 saturated heterocycles. The summed E-state index contributed by atoms with van der Waals surface area (Å²) in [5, 5.41) is 0. The summed E-state index contributed by atoms with van der Waals surface area (Å²) in [5.74, 6) is 0. The average molecular weight is 164 g/mol. The Morgan fingerprint density at radius 3 is 2.43 bits per heavy atom. The molecule has 0 radical (unpaired) electrons. The maximum absolute atomic E-state index is 4.07. The first-order valence-electron chi connectivity index (χ1n) is 1.94. The summed E-state index contributed by atoms with van der Waals surface area (Å²) >= 11 is 5.19. The summed E-state index contributed by atoms with van der Waals surface area (Å²) in [6.45, 7) is 3.51. The van der Waals surface area contributed by atoms with Crippen molar-refractivity contribution >= 4 is 16.1 Å². The fourth-order valence-corrected chi connectivity index (χ4v) is 0.551. The minimum absolute atomic E-state index is 1.12. The zero-order chi connectivity index (χ0) is 5.70. The van der Waals surface area contributed by atoms with E-state index >= 15 is 0 Å². The molecule has 0 fully saturated rings. The minimum atomic E-state index is 1.12. The van der Waals surface area contributed by atoms with Crippen LogP contribution in [0.3, 0.4) is 0 Å². The van der Waals surface area contributed by atoms with Crippen LogP contribution in [0.5, 0.6) is 0 Å². The maximum atomic E-state index is 4.07. The van der Waals surface area contributed by atoms with Gasteiger partial charge in [-0.25, -0.2) is 0 Å². The number of hydrogen-bond donors (Lipinski definition) is 1. The van der Waals surface area contributed by atoms with Crippen LogP contribution in [0.4, 0.5) is 0 Å². The Labute approximate surface area is 58.9 Å². The van der Waals surface area contributed by atoms with Gasteiger partial charge in [0.15, 0.2) is 0 Å². The van der Waals surface area contributed by atoms with E-state index in [4.69, 9.17) is 0 Å². The van der Waals surface area contributed by atoms with Crippen LogP contribution in [0, 0.1) is 0 Å². The molecule has 0 aliphatic rings. The molecule has 2 heteroatoms. The van der Waals surface area contributed by atoms with E-state index in [0.29, 0.717) is 0 Å². The summed E-state index contributed by atoms with van der Waals surface area (Å²) in [6, 6.07) is 0. The quantitative estimate of drug-likeness (QED) is 0.355. The first-order valence-corrected chi connectivity index (χ1v) is 3.87. The molecule has 34 valence electrons. The van der Waals surface area contributed by atoms with Gasteiger partial charge in [0.05, 0.1) is 0 Å². The molecule has 7 heavy (non-hydrogen) atoms. The molecule has 0 heterocycles. The second-order valence-electron chi connectivity index (χ2n) is 1.09. The number of rotatable bonds is 2. The Hall–Kier alpha value is 0.323. The van der Waals surface area contributed by atoms with Crippen LogP contribution in [-0.4, -0.2) is 3.44 Å².